The lowest BCUT2D eigenvalue weighted by Crippen LogP contribution is -2.37. The molecule has 0 aliphatic rings. The van der Waals surface area contributed by atoms with Crippen molar-refractivity contribution in [1.29, 1.82) is 0 Å². The molecule has 0 saturated heterocycles. The fourth-order valence-corrected chi connectivity index (χ4v) is 2.88. The second-order valence-corrected chi connectivity index (χ2v) is 6.30. The van der Waals surface area contributed by atoms with Gasteiger partial charge in [-0.05, 0) is 32.2 Å². The summed E-state index contributed by atoms with van der Waals surface area (Å²) in [7, 11) is 0. The Bertz CT molecular complexity index is 322. The first-order chi connectivity index (χ1) is 8.67. The standard InChI is InChI=1S/C15H28N2S/c1-5-7-8-12(3)15(16-9-6-2)10-14-11-18-13(4)17-14/h11-12,15-16H,5-10H2,1-4H3. The molecule has 2 unspecified atom stereocenters. The normalized spacial score (nSPS) is 14.7. The number of hydrogen-bond acceptors (Lipinski definition) is 3. The summed E-state index contributed by atoms with van der Waals surface area (Å²) in [6.07, 6.45) is 6.23. The molecule has 2 nitrogen and oxygen atoms in total. The summed E-state index contributed by atoms with van der Waals surface area (Å²) in [6.45, 7) is 10.1. The highest BCUT2D eigenvalue weighted by molar-refractivity contribution is 7.09. The van der Waals surface area contributed by atoms with E-state index in [4.69, 9.17) is 0 Å². The largest absolute Gasteiger partial charge is 0.313 e. The van der Waals surface area contributed by atoms with Crippen LogP contribution in [0.4, 0.5) is 0 Å². The number of rotatable bonds is 9. The monoisotopic (exact) mass is 268 g/mol. The molecular weight excluding hydrogens is 240 g/mol. The van der Waals surface area contributed by atoms with Crippen molar-refractivity contribution in [3.63, 3.8) is 0 Å². The van der Waals surface area contributed by atoms with Gasteiger partial charge in [0, 0.05) is 17.8 Å². The summed E-state index contributed by atoms with van der Waals surface area (Å²) in [5.41, 5.74) is 1.26. The highest BCUT2D eigenvalue weighted by Gasteiger charge is 2.17. The van der Waals surface area contributed by atoms with Crippen LogP contribution >= 0.6 is 11.3 Å². The number of unbranched alkanes of at least 4 members (excludes halogenated alkanes) is 1. The quantitative estimate of drug-likeness (QED) is 0.726. The van der Waals surface area contributed by atoms with Crippen LogP contribution in [0.1, 0.15) is 57.2 Å². The van der Waals surface area contributed by atoms with Crippen LogP contribution in [0.3, 0.4) is 0 Å². The Morgan fingerprint density at radius 2 is 2.11 bits per heavy atom. The highest BCUT2D eigenvalue weighted by Crippen LogP contribution is 2.18. The van der Waals surface area contributed by atoms with Gasteiger partial charge in [-0.1, -0.05) is 33.6 Å². The average molecular weight is 268 g/mol. The maximum atomic E-state index is 4.60. The maximum Gasteiger partial charge on any atom is 0.0897 e. The molecule has 0 fully saturated rings. The van der Waals surface area contributed by atoms with Crippen molar-refractivity contribution in [2.45, 2.75) is 65.8 Å². The van der Waals surface area contributed by atoms with Crippen molar-refractivity contribution in [2.75, 3.05) is 6.54 Å². The fourth-order valence-electron chi connectivity index (χ4n) is 2.26. The fraction of sp³-hybridized carbons (Fsp3) is 0.800. The van der Waals surface area contributed by atoms with Crippen LogP contribution in [-0.4, -0.2) is 17.6 Å². The predicted molar refractivity (Wildman–Crippen MR) is 81.3 cm³/mol. The molecule has 18 heavy (non-hydrogen) atoms. The second kappa shape index (κ2) is 8.65. The van der Waals surface area contributed by atoms with Gasteiger partial charge in [-0.2, -0.15) is 0 Å². The molecule has 1 aromatic heterocycles. The van der Waals surface area contributed by atoms with Crippen molar-refractivity contribution < 1.29 is 0 Å². The van der Waals surface area contributed by atoms with Gasteiger partial charge in [-0.15, -0.1) is 11.3 Å². The van der Waals surface area contributed by atoms with Crippen molar-refractivity contribution in [3.8, 4) is 0 Å². The van der Waals surface area contributed by atoms with Crippen LogP contribution in [0, 0.1) is 12.8 Å². The molecule has 0 bridgehead atoms. The van der Waals surface area contributed by atoms with Crippen molar-refractivity contribution in [3.05, 3.63) is 16.1 Å². The summed E-state index contributed by atoms with van der Waals surface area (Å²) in [4.78, 5) is 4.60. The van der Waals surface area contributed by atoms with E-state index in [2.05, 4.69) is 43.4 Å². The summed E-state index contributed by atoms with van der Waals surface area (Å²) in [5, 5.41) is 7.09. The Morgan fingerprint density at radius 3 is 2.67 bits per heavy atom. The van der Waals surface area contributed by atoms with E-state index in [-0.39, 0.29) is 0 Å². The third-order valence-corrected chi connectivity index (χ3v) is 4.27. The van der Waals surface area contributed by atoms with Gasteiger partial charge in [-0.25, -0.2) is 4.98 Å². The Balaban J connectivity index is 2.53. The first kappa shape index (κ1) is 15.6. The first-order valence-electron chi connectivity index (χ1n) is 7.31. The van der Waals surface area contributed by atoms with Crippen LogP contribution < -0.4 is 5.32 Å². The third-order valence-electron chi connectivity index (χ3n) is 3.45. The number of aryl methyl sites for hydroxylation is 1. The first-order valence-corrected chi connectivity index (χ1v) is 8.19. The molecule has 0 aromatic carbocycles. The number of nitrogens with zero attached hydrogens (tertiary/aromatic N) is 1. The molecule has 0 aliphatic carbocycles. The van der Waals surface area contributed by atoms with E-state index < -0.39 is 0 Å². The van der Waals surface area contributed by atoms with Crippen LogP contribution in [0.2, 0.25) is 0 Å². The predicted octanol–water partition coefficient (Wildman–Crippen LogP) is 4.19. The molecule has 2 atom stereocenters. The van der Waals surface area contributed by atoms with Gasteiger partial charge in [0.2, 0.25) is 0 Å². The molecule has 0 spiro atoms. The van der Waals surface area contributed by atoms with Gasteiger partial charge in [-0.3, -0.25) is 0 Å². The lowest BCUT2D eigenvalue weighted by atomic mass is 9.92. The van der Waals surface area contributed by atoms with Gasteiger partial charge in [0.1, 0.15) is 0 Å². The summed E-state index contributed by atoms with van der Waals surface area (Å²) in [6, 6.07) is 0.581. The van der Waals surface area contributed by atoms with Crippen LogP contribution in [0.5, 0.6) is 0 Å². The Morgan fingerprint density at radius 1 is 1.33 bits per heavy atom. The Labute approximate surface area is 116 Å². The van der Waals surface area contributed by atoms with Crippen LogP contribution in [0.15, 0.2) is 5.38 Å². The van der Waals surface area contributed by atoms with Gasteiger partial charge in [0.15, 0.2) is 0 Å². The smallest absolute Gasteiger partial charge is 0.0897 e. The molecule has 0 amide bonds. The second-order valence-electron chi connectivity index (χ2n) is 5.24. The number of hydrogen-bond donors (Lipinski definition) is 1. The lowest BCUT2D eigenvalue weighted by molar-refractivity contribution is 0.345. The highest BCUT2D eigenvalue weighted by atomic mass is 32.1. The van der Waals surface area contributed by atoms with E-state index in [1.165, 1.54) is 36.4 Å². The summed E-state index contributed by atoms with van der Waals surface area (Å²) < 4.78 is 0. The van der Waals surface area contributed by atoms with Crippen LogP contribution in [-0.2, 0) is 6.42 Å². The molecular formula is C15H28N2S. The Kier molecular flexibility index (Phi) is 7.52. The lowest BCUT2D eigenvalue weighted by Gasteiger charge is -2.24. The molecule has 0 radical (unpaired) electrons. The minimum Gasteiger partial charge on any atom is -0.313 e. The molecule has 1 N–H and O–H groups in total. The van der Waals surface area contributed by atoms with Gasteiger partial charge in [0.25, 0.3) is 0 Å². The maximum absolute atomic E-state index is 4.60. The summed E-state index contributed by atoms with van der Waals surface area (Å²) >= 11 is 1.76. The van der Waals surface area contributed by atoms with Gasteiger partial charge in [0.05, 0.1) is 10.7 Å². The minimum atomic E-state index is 0.581. The Hall–Kier alpha value is -0.410. The number of nitrogens with one attached hydrogen (secondary N) is 1. The number of thiazole rings is 1. The molecule has 3 heteroatoms. The molecule has 0 aliphatic heterocycles. The zero-order valence-electron chi connectivity index (χ0n) is 12.3. The van der Waals surface area contributed by atoms with E-state index in [1.54, 1.807) is 11.3 Å². The molecule has 1 rings (SSSR count). The topological polar surface area (TPSA) is 24.9 Å². The SMILES string of the molecule is CCCCC(C)C(Cc1csc(C)n1)NCCC. The number of aromatic nitrogens is 1. The molecule has 1 heterocycles. The van der Waals surface area contributed by atoms with Gasteiger partial charge >= 0.3 is 0 Å². The van der Waals surface area contributed by atoms with Crippen molar-refractivity contribution in [2.24, 2.45) is 5.92 Å². The molecule has 104 valence electrons. The van der Waals surface area contributed by atoms with E-state index in [9.17, 15) is 0 Å². The van der Waals surface area contributed by atoms with Gasteiger partial charge < -0.3 is 5.32 Å². The minimum absolute atomic E-state index is 0.581. The molecule has 1 aromatic rings. The van der Waals surface area contributed by atoms with E-state index in [1.807, 2.05) is 0 Å². The van der Waals surface area contributed by atoms with Crippen molar-refractivity contribution >= 4 is 11.3 Å². The van der Waals surface area contributed by atoms with E-state index >= 15 is 0 Å². The third kappa shape index (κ3) is 5.49. The van der Waals surface area contributed by atoms with E-state index in [0.29, 0.717) is 6.04 Å². The molecule has 0 saturated carbocycles. The van der Waals surface area contributed by atoms with Crippen LogP contribution in [0.25, 0.3) is 0 Å². The average Bonchev–Trinajstić information content (AvgIpc) is 2.77. The zero-order valence-corrected chi connectivity index (χ0v) is 13.1. The van der Waals surface area contributed by atoms with E-state index in [0.717, 1.165) is 18.9 Å². The zero-order chi connectivity index (χ0) is 13.4. The van der Waals surface area contributed by atoms with Crippen molar-refractivity contribution in [1.82, 2.24) is 10.3 Å². The summed E-state index contributed by atoms with van der Waals surface area (Å²) in [5.74, 6) is 0.735.